The van der Waals surface area contributed by atoms with Gasteiger partial charge in [-0.1, -0.05) is 34.1 Å². The molecule has 0 aliphatic carbocycles. The van der Waals surface area contributed by atoms with Gasteiger partial charge in [-0.15, -0.1) is 0 Å². The highest BCUT2D eigenvalue weighted by Crippen LogP contribution is 2.30. The van der Waals surface area contributed by atoms with Gasteiger partial charge in [-0.2, -0.15) is 5.10 Å². The molecule has 0 N–H and O–H groups in total. The summed E-state index contributed by atoms with van der Waals surface area (Å²) in [5.74, 6) is 1.85. The lowest BCUT2D eigenvalue weighted by Gasteiger charge is -2.25. The monoisotopic (exact) mass is 478 g/mol. The van der Waals surface area contributed by atoms with Crippen molar-refractivity contribution in [2.75, 3.05) is 43.1 Å². The Labute approximate surface area is 189 Å². The van der Waals surface area contributed by atoms with Crippen LogP contribution in [-0.4, -0.2) is 53.0 Å². The Bertz CT molecular complexity index is 1210. The third-order valence-electron chi connectivity index (χ3n) is 5.62. The fraction of sp³-hybridized carbons (Fsp3) is 0.261. The summed E-state index contributed by atoms with van der Waals surface area (Å²) in [6.07, 6.45) is 4.54. The molecule has 0 bridgehead atoms. The Morgan fingerprint density at radius 2 is 1.77 bits per heavy atom. The van der Waals surface area contributed by atoms with Gasteiger partial charge in [0, 0.05) is 30.7 Å². The molecular formula is C23H23BrN6O. The van der Waals surface area contributed by atoms with Crippen molar-refractivity contribution in [2.24, 2.45) is 0 Å². The zero-order valence-corrected chi connectivity index (χ0v) is 18.9. The summed E-state index contributed by atoms with van der Waals surface area (Å²) in [5, 5.41) is 5.58. The third kappa shape index (κ3) is 3.83. The number of halogens is 1. The minimum absolute atomic E-state index is 0.814. The number of anilines is 2. The molecule has 2 aromatic carbocycles. The van der Waals surface area contributed by atoms with E-state index in [2.05, 4.69) is 52.9 Å². The van der Waals surface area contributed by atoms with Crippen LogP contribution in [-0.2, 0) is 0 Å². The van der Waals surface area contributed by atoms with Crippen molar-refractivity contribution in [2.45, 2.75) is 6.42 Å². The molecule has 1 aliphatic heterocycles. The first-order valence-electron chi connectivity index (χ1n) is 10.3. The summed E-state index contributed by atoms with van der Waals surface area (Å²) in [4.78, 5) is 13.9. The molecule has 0 radical (unpaired) electrons. The van der Waals surface area contributed by atoms with Crippen LogP contribution in [0, 0.1) is 0 Å². The standard InChI is InChI=1S/C23H23BrN6O/c1-31-21-9-3-2-8-20(21)28-10-5-11-29(13-12-28)22-19-15-27-30(23(19)26-16-25-22)18-7-4-6-17(24)14-18/h2-4,6-9,14-16H,5,10-13H2,1H3. The lowest BCUT2D eigenvalue weighted by Crippen LogP contribution is -2.31. The van der Waals surface area contributed by atoms with E-state index in [1.807, 2.05) is 47.3 Å². The van der Waals surface area contributed by atoms with Crippen LogP contribution in [0.5, 0.6) is 5.75 Å². The molecule has 31 heavy (non-hydrogen) atoms. The molecule has 1 aliphatic rings. The van der Waals surface area contributed by atoms with E-state index in [-0.39, 0.29) is 0 Å². The number of benzene rings is 2. The molecule has 5 rings (SSSR count). The molecule has 0 amide bonds. The summed E-state index contributed by atoms with van der Waals surface area (Å²) >= 11 is 3.54. The zero-order valence-electron chi connectivity index (χ0n) is 17.3. The normalized spacial score (nSPS) is 14.6. The number of ether oxygens (including phenoxy) is 1. The van der Waals surface area contributed by atoms with Gasteiger partial charge in [0.1, 0.15) is 17.9 Å². The maximum atomic E-state index is 5.57. The molecule has 1 saturated heterocycles. The van der Waals surface area contributed by atoms with Gasteiger partial charge in [-0.05, 0) is 36.8 Å². The molecule has 2 aromatic heterocycles. The van der Waals surface area contributed by atoms with Crippen LogP contribution >= 0.6 is 15.9 Å². The van der Waals surface area contributed by atoms with Crippen LogP contribution in [0.15, 0.2) is 65.5 Å². The highest BCUT2D eigenvalue weighted by atomic mass is 79.9. The lowest BCUT2D eigenvalue weighted by atomic mass is 10.2. The van der Waals surface area contributed by atoms with E-state index in [0.29, 0.717) is 0 Å². The van der Waals surface area contributed by atoms with Gasteiger partial charge in [0.25, 0.3) is 0 Å². The highest BCUT2D eigenvalue weighted by molar-refractivity contribution is 9.10. The molecule has 7 nitrogen and oxygen atoms in total. The fourth-order valence-corrected chi connectivity index (χ4v) is 4.53. The van der Waals surface area contributed by atoms with E-state index in [1.165, 1.54) is 0 Å². The second kappa shape index (κ2) is 8.55. The van der Waals surface area contributed by atoms with Gasteiger partial charge in [0.05, 0.1) is 30.1 Å². The molecule has 0 spiro atoms. The average Bonchev–Trinajstić information content (AvgIpc) is 3.09. The summed E-state index contributed by atoms with van der Waals surface area (Å²) in [5.41, 5.74) is 2.92. The number of rotatable bonds is 4. The van der Waals surface area contributed by atoms with Crippen LogP contribution < -0.4 is 14.5 Å². The first kappa shape index (κ1) is 19.8. The Hall–Kier alpha value is -3.13. The van der Waals surface area contributed by atoms with Gasteiger partial charge in [0.15, 0.2) is 5.65 Å². The van der Waals surface area contributed by atoms with Crippen LogP contribution in [0.1, 0.15) is 6.42 Å². The molecule has 1 fully saturated rings. The van der Waals surface area contributed by atoms with Crippen molar-refractivity contribution in [3.63, 3.8) is 0 Å². The smallest absolute Gasteiger partial charge is 0.168 e. The summed E-state index contributed by atoms with van der Waals surface area (Å²) in [6.45, 7) is 3.67. The Kier molecular flexibility index (Phi) is 5.46. The van der Waals surface area contributed by atoms with Crippen molar-refractivity contribution >= 4 is 38.5 Å². The molecule has 8 heteroatoms. The number of aromatic nitrogens is 4. The average molecular weight is 479 g/mol. The molecule has 158 valence electrons. The summed E-state index contributed by atoms with van der Waals surface area (Å²) in [7, 11) is 1.73. The second-order valence-electron chi connectivity index (χ2n) is 7.47. The third-order valence-corrected chi connectivity index (χ3v) is 6.11. The van der Waals surface area contributed by atoms with E-state index < -0.39 is 0 Å². The second-order valence-corrected chi connectivity index (χ2v) is 8.39. The Morgan fingerprint density at radius 1 is 0.935 bits per heavy atom. The van der Waals surface area contributed by atoms with Crippen molar-refractivity contribution in [3.8, 4) is 11.4 Å². The Balaban J connectivity index is 1.44. The predicted molar refractivity (Wildman–Crippen MR) is 126 cm³/mol. The van der Waals surface area contributed by atoms with Gasteiger partial charge < -0.3 is 14.5 Å². The maximum absolute atomic E-state index is 5.57. The number of methoxy groups -OCH3 is 1. The van der Waals surface area contributed by atoms with E-state index in [9.17, 15) is 0 Å². The predicted octanol–water partition coefficient (Wildman–Crippen LogP) is 4.30. The van der Waals surface area contributed by atoms with E-state index in [4.69, 9.17) is 4.74 Å². The zero-order chi connectivity index (χ0) is 21.2. The minimum atomic E-state index is 0.814. The maximum Gasteiger partial charge on any atom is 0.168 e. The molecule has 0 atom stereocenters. The number of hydrogen-bond donors (Lipinski definition) is 0. The van der Waals surface area contributed by atoms with Gasteiger partial charge >= 0.3 is 0 Å². The summed E-state index contributed by atoms with van der Waals surface area (Å²) < 4.78 is 8.44. The van der Waals surface area contributed by atoms with Crippen LogP contribution in [0.2, 0.25) is 0 Å². The number of fused-ring (bicyclic) bond motifs is 1. The van der Waals surface area contributed by atoms with E-state index in [1.54, 1.807) is 13.4 Å². The largest absolute Gasteiger partial charge is 0.495 e. The summed E-state index contributed by atoms with van der Waals surface area (Å²) in [6, 6.07) is 16.3. The first-order chi connectivity index (χ1) is 15.2. The van der Waals surface area contributed by atoms with Gasteiger partial charge in [-0.25, -0.2) is 14.6 Å². The van der Waals surface area contributed by atoms with Crippen molar-refractivity contribution in [1.82, 2.24) is 19.7 Å². The van der Waals surface area contributed by atoms with Crippen molar-refractivity contribution in [3.05, 3.63) is 65.5 Å². The quantitative estimate of drug-likeness (QED) is 0.435. The first-order valence-corrected chi connectivity index (χ1v) is 11.1. The minimum Gasteiger partial charge on any atom is -0.495 e. The van der Waals surface area contributed by atoms with E-state index in [0.717, 1.165) is 71.0 Å². The molecule has 3 heterocycles. The van der Waals surface area contributed by atoms with E-state index >= 15 is 0 Å². The SMILES string of the molecule is COc1ccccc1N1CCCN(c2ncnc3c2cnn3-c2cccc(Br)c2)CC1. The number of para-hydroxylation sites is 2. The van der Waals surface area contributed by atoms with Crippen LogP contribution in [0.4, 0.5) is 11.5 Å². The molecule has 0 saturated carbocycles. The van der Waals surface area contributed by atoms with Crippen LogP contribution in [0.25, 0.3) is 16.7 Å². The Morgan fingerprint density at radius 3 is 2.65 bits per heavy atom. The molecule has 4 aromatic rings. The lowest BCUT2D eigenvalue weighted by molar-refractivity contribution is 0.414. The highest BCUT2D eigenvalue weighted by Gasteiger charge is 2.21. The fourth-order valence-electron chi connectivity index (χ4n) is 4.14. The topological polar surface area (TPSA) is 59.3 Å². The van der Waals surface area contributed by atoms with Gasteiger partial charge in [-0.3, -0.25) is 0 Å². The van der Waals surface area contributed by atoms with Crippen LogP contribution in [0.3, 0.4) is 0 Å². The number of nitrogens with zero attached hydrogens (tertiary/aromatic N) is 6. The number of hydrogen-bond acceptors (Lipinski definition) is 6. The van der Waals surface area contributed by atoms with Crippen molar-refractivity contribution < 1.29 is 4.74 Å². The van der Waals surface area contributed by atoms with Crippen molar-refractivity contribution in [1.29, 1.82) is 0 Å². The molecule has 0 unspecified atom stereocenters. The van der Waals surface area contributed by atoms with Gasteiger partial charge in [0.2, 0.25) is 0 Å². The molecular weight excluding hydrogens is 456 g/mol.